The van der Waals surface area contributed by atoms with Crippen molar-refractivity contribution in [2.24, 2.45) is 5.92 Å². The van der Waals surface area contributed by atoms with Crippen LogP contribution in [0.1, 0.15) is 19.8 Å². The first kappa shape index (κ1) is 6.57. The molecule has 1 fully saturated rings. The quantitative estimate of drug-likeness (QED) is 0.489. The number of rotatable bonds is 0. The summed E-state index contributed by atoms with van der Waals surface area (Å²) in [5.41, 5.74) is 0. The van der Waals surface area contributed by atoms with E-state index in [1.54, 1.807) is 0 Å². The summed E-state index contributed by atoms with van der Waals surface area (Å²) >= 11 is 0. The van der Waals surface area contributed by atoms with Crippen molar-refractivity contribution >= 4 is 0 Å². The Kier molecular flexibility index (Phi) is 2.07. The van der Waals surface area contributed by atoms with Crippen LogP contribution in [0.25, 0.3) is 0 Å². The maximum Gasteiger partial charge on any atom is 0.0657 e. The maximum atomic E-state index is 8.50. The van der Waals surface area contributed by atoms with Gasteiger partial charge in [0.15, 0.2) is 0 Å². The Balaban J connectivity index is 2.34. The Hall–Kier alpha value is -0.550. The molecule has 2 heteroatoms. The van der Waals surface area contributed by atoms with Crippen LogP contribution in [-0.2, 0) is 4.74 Å². The predicted molar refractivity (Wildman–Crippen MR) is 33.8 cm³/mol. The fraction of sp³-hybridized carbons (Fsp3) is 0.857. The van der Waals surface area contributed by atoms with E-state index in [1.165, 1.54) is 0 Å². The summed E-state index contributed by atoms with van der Waals surface area (Å²) in [6.45, 7) is 2.78. The number of ether oxygens (including phenoxy) is 1. The largest absolute Gasteiger partial charge is 0.378 e. The molecule has 0 spiro atoms. The van der Waals surface area contributed by atoms with Crippen molar-refractivity contribution in [3.8, 4) is 6.07 Å². The van der Waals surface area contributed by atoms with Gasteiger partial charge in [-0.25, -0.2) is 0 Å². The zero-order valence-corrected chi connectivity index (χ0v) is 5.63. The van der Waals surface area contributed by atoms with Gasteiger partial charge in [-0.3, -0.25) is 0 Å². The lowest BCUT2D eigenvalue weighted by Crippen LogP contribution is -2.21. The highest BCUT2D eigenvalue weighted by Gasteiger charge is 2.17. The molecule has 1 rings (SSSR count). The van der Waals surface area contributed by atoms with Gasteiger partial charge in [-0.15, -0.1) is 0 Å². The van der Waals surface area contributed by atoms with Crippen molar-refractivity contribution < 1.29 is 4.74 Å². The van der Waals surface area contributed by atoms with Crippen LogP contribution in [0.15, 0.2) is 0 Å². The van der Waals surface area contributed by atoms with E-state index in [4.69, 9.17) is 10.00 Å². The molecule has 9 heavy (non-hydrogen) atoms. The third-order valence-corrected chi connectivity index (χ3v) is 1.67. The summed E-state index contributed by atoms with van der Waals surface area (Å²) in [4.78, 5) is 0. The van der Waals surface area contributed by atoms with Crippen LogP contribution < -0.4 is 0 Å². The summed E-state index contributed by atoms with van der Waals surface area (Å²) < 4.78 is 5.26. The maximum absolute atomic E-state index is 8.50. The second-order valence-corrected chi connectivity index (χ2v) is 2.53. The highest BCUT2D eigenvalue weighted by Crippen LogP contribution is 2.18. The summed E-state index contributed by atoms with van der Waals surface area (Å²) in [6, 6.07) is 2.25. The fourth-order valence-corrected chi connectivity index (χ4v) is 1.12. The average molecular weight is 125 g/mol. The molecular formula is C7H11NO. The van der Waals surface area contributed by atoms with Gasteiger partial charge in [0.2, 0.25) is 0 Å². The lowest BCUT2D eigenvalue weighted by Gasteiger charge is -2.21. The lowest BCUT2D eigenvalue weighted by molar-refractivity contribution is 0.0140. The highest BCUT2D eigenvalue weighted by atomic mass is 16.5. The van der Waals surface area contributed by atoms with E-state index in [-0.39, 0.29) is 5.92 Å². The van der Waals surface area contributed by atoms with Crippen LogP contribution in [0.5, 0.6) is 0 Å². The fourth-order valence-electron chi connectivity index (χ4n) is 1.12. The third-order valence-electron chi connectivity index (χ3n) is 1.67. The molecule has 1 heterocycles. The topological polar surface area (TPSA) is 33.0 Å². The normalized spacial score (nSPS) is 35.6. The smallest absolute Gasteiger partial charge is 0.0657 e. The number of nitriles is 1. The summed E-state index contributed by atoms with van der Waals surface area (Å²) in [7, 11) is 0. The van der Waals surface area contributed by atoms with Gasteiger partial charge < -0.3 is 4.74 Å². The summed E-state index contributed by atoms with van der Waals surface area (Å²) in [6.07, 6.45) is 2.13. The van der Waals surface area contributed by atoms with Crippen molar-refractivity contribution in [2.45, 2.75) is 25.9 Å². The van der Waals surface area contributed by atoms with Gasteiger partial charge >= 0.3 is 0 Å². The van der Waals surface area contributed by atoms with E-state index in [0.29, 0.717) is 6.10 Å². The van der Waals surface area contributed by atoms with Crippen LogP contribution in [0.3, 0.4) is 0 Å². The Bertz CT molecular complexity index is 127. The van der Waals surface area contributed by atoms with Crippen LogP contribution >= 0.6 is 0 Å². The lowest BCUT2D eigenvalue weighted by atomic mass is 9.98. The van der Waals surface area contributed by atoms with Gasteiger partial charge in [-0.2, -0.15) is 5.26 Å². The molecule has 0 saturated carbocycles. The molecule has 2 nitrogen and oxygen atoms in total. The molecule has 2 atom stereocenters. The minimum atomic E-state index is 0.244. The second kappa shape index (κ2) is 2.84. The zero-order valence-electron chi connectivity index (χ0n) is 5.63. The van der Waals surface area contributed by atoms with Gasteiger partial charge in [-0.1, -0.05) is 0 Å². The Morgan fingerprint density at radius 1 is 1.67 bits per heavy atom. The molecule has 0 N–H and O–H groups in total. The van der Waals surface area contributed by atoms with E-state index in [9.17, 15) is 0 Å². The number of nitrogens with zero attached hydrogens (tertiary/aromatic N) is 1. The van der Waals surface area contributed by atoms with Gasteiger partial charge in [0.05, 0.1) is 18.1 Å². The first-order valence-corrected chi connectivity index (χ1v) is 3.34. The number of hydrogen-bond donors (Lipinski definition) is 0. The van der Waals surface area contributed by atoms with Crippen LogP contribution in [0.4, 0.5) is 0 Å². The molecule has 0 amide bonds. The highest BCUT2D eigenvalue weighted by molar-refractivity contribution is 4.85. The van der Waals surface area contributed by atoms with Crippen LogP contribution in [0.2, 0.25) is 0 Å². The molecular weight excluding hydrogens is 114 g/mol. The van der Waals surface area contributed by atoms with Gasteiger partial charge in [0, 0.05) is 6.61 Å². The molecule has 0 bridgehead atoms. The molecule has 0 aromatic rings. The van der Waals surface area contributed by atoms with E-state index >= 15 is 0 Å². The zero-order chi connectivity index (χ0) is 6.69. The predicted octanol–water partition coefficient (Wildman–Crippen LogP) is 1.33. The monoisotopic (exact) mass is 125 g/mol. The van der Waals surface area contributed by atoms with E-state index in [2.05, 4.69) is 6.07 Å². The van der Waals surface area contributed by atoms with Crippen molar-refractivity contribution in [2.75, 3.05) is 6.61 Å². The summed E-state index contributed by atoms with van der Waals surface area (Å²) in [5, 5.41) is 8.50. The Morgan fingerprint density at radius 3 is 2.89 bits per heavy atom. The van der Waals surface area contributed by atoms with Crippen molar-refractivity contribution in [1.82, 2.24) is 0 Å². The van der Waals surface area contributed by atoms with Crippen molar-refractivity contribution in [1.29, 1.82) is 5.26 Å². The SMILES string of the molecule is CC1CC(C#N)CCO1. The first-order valence-electron chi connectivity index (χ1n) is 3.34. The van der Waals surface area contributed by atoms with E-state index in [1.807, 2.05) is 6.92 Å². The number of hydrogen-bond acceptors (Lipinski definition) is 2. The Labute approximate surface area is 55.4 Å². The molecule has 0 radical (unpaired) electrons. The molecule has 2 unspecified atom stereocenters. The van der Waals surface area contributed by atoms with Crippen molar-refractivity contribution in [3.05, 3.63) is 0 Å². The minimum Gasteiger partial charge on any atom is -0.378 e. The third kappa shape index (κ3) is 1.69. The molecule has 0 aromatic carbocycles. The van der Waals surface area contributed by atoms with Crippen LogP contribution in [0, 0.1) is 17.2 Å². The summed E-state index contributed by atoms with van der Waals surface area (Å²) in [5.74, 6) is 0.244. The average Bonchev–Trinajstić information content (AvgIpc) is 1.88. The van der Waals surface area contributed by atoms with Crippen molar-refractivity contribution in [3.63, 3.8) is 0 Å². The van der Waals surface area contributed by atoms with Gasteiger partial charge in [0.1, 0.15) is 0 Å². The first-order chi connectivity index (χ1) is 4.33. The van der Waals surface area contributed by atoms with Gasteiger partial charge in [0.25, 0.3) is 0 Å². The molecule has 1 aliphatic heterocycles. The van der Waals surface area contributed by atoms with E-state index in [0.717, 1.165) is 19.4 Å². The Morgan fingerprint density at radius 2 is 2.44 bits per heavy atom. The molecule has 0 aromatic heterocycles. The van der Waals surface area contributed by atoms with Gasteiger partial charge in [-0.05, 0) is 19.8 Å². The molecule has 1 aliphatic rings. The standard InChI is InChI=1S/C7H11NO/c1-6-4-7(5-8)2-3-9-6/h6-7H,2-4H2,1H3. The minimum absolute atomic E-state index is 0.244. The molecule has 0 aliphatic carbocycles. The molecule has 1 saturated heterocycles. The molecule has 50 valence electrons. The second-order valence-electron chi connectivity index (χ2n) is 2.53. The van der Waals surface area contributed by atoms with E-state index < -0.39 is 0 Å². The van der Waals surface area contributed by atoms with Crippen LogP contribution in [-0.4, -0.2) is 12.7 Å².